The molecule has 22 heavy (non-hydrogen) atoms. The molecule has 0 spiro atoms. The Morgan fingerprint density at radius 1 is 0.500 bits per heavy atom. The Bertz CT molecular complexity index is 241. The van der Waals surface area contributed by atoms with Crippen LogP contribution in [0, 0.1) is 0 Å². The number of rotatable bonds is 15. The smallest absolute Gasteiger partial charge is 0.00417 e. The fourth-order valence-electron chi connectivity index (χ4n) is 2.27. The normalized spacial score (nSPS) is 12.1. The average molecular weight is 306 g/mol. The van der Waals surface area contributed by atoms with Crippen molar-refractivity contribution in [3.05, 3.63) is 36.8 Å². The molecule has 0 atom stereocenters. The van der Waals surface area contributed by atoms with Crippen molar-refractivity contribution < 1.29 is 0 Å². The molecule has 0 heterocycles. The zero-order valence-electron chi connectivity index (χ0n) is 15.4. The van der Waals surface area contributed by atoms with Gasteiger partial charge in [-0.2, -0.15) is 0 Å². The van der Waals surface area contributed by atoms with Crippen LogP contribution in [0.3, 0.4) is 0 Å². The molecule has 0 amide bonds. The van der Waals surface area contributed by atoms with Gasteiger partial charge in [0.05, 0.1) is 0 Å². The van der Waals surface area contributed by atoms with Gasteiger partial charge in [0.1, 0.15) is 0 Å². The van der Waals surface area contributed by atoms with Crippen LogP contribution in [0.2, 0.25) is 0 Å². The number of allylic oxidation sites excluding steroid dienone is 3. The molecule has 0 saturated carbocycles. The number of nitrogens with zero attached hydrogens (tertiary/aromatic N) is 1. The molecule has 0 rings (SSSR count). The maximum Gasteiger partial charge on any atom is 0.00417 e. The summed E-state index contributed by atoms with van der Waals surface area (Å²) < 4.78 is 0. The molecule has 1 heteroatoms. The molecule has 0 aromatic rings. The first-order chi connectivity index (χ1) is 10.8. The van der Waals surface area contributed by atoms with Crippen molar-refractivity contribution >= 4 is 0 Å². The van der Waals surface area contributed by atoms with E-state index in [9.17, 15) is 0 Å². The van der Waals surface area contributed by atoms with Crippen LogP contribution in [-0.2, 0) is 0 Å². The summed E-state index contributed by atoms with van der Waals surface area (Å²) >= 11 is 0. The van der Waals surface area contributed by atoms with Gasteiger partial charge in [0.2, 0.25) is 0 Å². The van der Waals surface area contributed by atoms with E-state index in [0.717, 1.165) is 0 Å². The standard InChI is InChI=1S/C21H39N/c1-4-7-10-13-16-19-22(20-17-14-11-8-5-2)21-18-15-12-9-6-3/h16-21H,4-15H2,1-3H3/b19-16+,20-17+,21-18+. The monoisotopic (exact) mass is 305 g/mol. The van der Waals surface area contributed by atoms with Gasteiger partial charge in [-0.3, -0.25) is 0 Å². The van der Waals surface area contributed by atoms with Gasteiger partial charge in [-0.05, 0) is 38.5 Å². The molecule has 128 valence electrons. The minimum absolute atomic E-state index is 1.19. The number of hydrogen-bond donors (Lipinski definition) is 0. The van der Waals surface area contributed by atoms with Crippen LogP contribution in [0.25, 0.3) is 0 Å². The van der Waals surface area contributed by atoms with E-state index in [-0.39, 0.29) is 0 Å². The minimum atomic E-state index is 1.19. The van der Waals surface area contributed by atoms with Gasteiger partial charge in [0, 0.05) is 18.6 Å². The lowest BCUT2D eigenvalue weighted by Crippen LogP contribution is -1.99. The highest BCUT2D eigenvalue weighted by molar-refractivity contribution is 4.99. The number of hydrogen-bond acceptors (Lipinski definition) is 1. The highest BCUT2D eigenvalue weighted by Crippen LogP contribution is 2.06. The molecule has 0 bridgehead atoms. The summed E-state index contributed by atoms with van der Waals surface area (Å²) in [6, 6.07) is 0. The first kappa shape index (κ1) is 21.0. The highest BCUT2D eigenvalue weighted by Gasteiger charge is 1.89. The third-order valence-corrected chi connectivity index (χ3v) is 3.76. The number of unbranched alkanes of at least 4 members (excludes halogenated alkanes) is 9. The van der Waals surface area contributed by atoms with Crippen LogP contribution < -0.4 is 0 Å². The zero-order valence-corrected chi connectivity index (χ0v) is 15.4. The van der Waals surface area contributed by atoms with Gasteiger partial charge in [0.15, 0.2) is 0 Å². The Hall–Kier alpha value is -0.980. The molecule has 0 aromatic carbocycles. The fourth-order valence-corrected chi connectivity index (χ4v) is 2.27. The quantitative estimate of drug-likeness (QED) is 0.282. The van der Waals surface area contributed by atoms with Crippen molar-refractivity contribution in [2.24, 2.45) is 0 Å². The molecule has 0 aromatic heterocycles. The van der Waals surface area contributed by atoms with Crippen molar-refractivity contribution in [3.8, 4) is 0 Å². The summed E-state index contributed by atoms with van der Waals surface area (Å²) in [5.41, 5.74) is 0. The predicted molar refractivity (Wildman–Crippen MR) is 102 cm³/mol. The van der Waals surface area contributed by atoms with Crippen LogP contribution in [0.4, 0.5) is 0 Å². The molecule has 0 unspecified atom stereocenters. The van der Waals surface area contributed by atoms with Gasteiger partial charge in [-0.1, -0.05) is 77.5 Å². The Morgan fingerprint density at radius 3 is 1.09 bits per heavy atom. The van der Waals surface area contributed by atoms with Crippen molar-refractivity contribution in [2.75, 3.05) is 0 Å². The summed E-state index contributed by atoms with van der Waals surface area (Å²) in [7, 11) is 0. The molecule has 1 nitrogen and oxygen atoms in total. The minimum Gasteiger partial charge on any atom is -0.332 e. The van der Waals surface area contributed by atoms with Gasteiger partial charge in [-0.25, -0.2) is 0 Å². The van der Waals surface area contributed by atoms with E-state index < -0.39 is 0 Å². The zero-order chi connectivity index (χ0) is 16.3. The van der Waals surface area contributed by atoms with Crippen LogP contribution in [-0.4, -0.2) is 4.90 Å². The average Bonchev–Trinajstić information content (AvgIpc) is 2.53. The summed E-state index contributed by atoms with van der Waals surface area (Å²) in [5, 5.41) is 0. The Kier molecular flexibility index (Phi) is 17.3. The van der Waals surface area contributed by atoms with Crippen molar-refractivity contribution in [1.29, 1.82) is 0 Å². The Morgan fingerprint density at radius 2 is 0.818 bits per heavy atom. The summed E-state index contributed by atoms with van der Waals surface area (Å²) in [4.78, 5) is 2.23. The van der Waals surface area contributed by atoms with E-state index in [1.807, 2.05) is 0 Å². The Balaban J connectivity index is 4.17. The molecule has 0 fully saturated rings. The second-order valence-electron chi connectivity index (χ2n) is 6.09. The Labute approximate surface area is 140 Å². The summed E-state index contributed by atoms with van der Waals surface area (Å²) in [6.45, 7) is 6.77. The van der Waals surface area contributed by atoms with E-state index in [1.165, 1.54) is 77.0 Å². The molecule has 0 saturated heterocycles. The largest absolute Gasteiger partial charge is 0.332 e. The lowest BCUT2D eigenvalue weighted by Gasteiger charge is -2.09. The summed E-state index contributed by atoms with van der Waals surface area (Å²) in [6.07, 6.45) is 29.0. The predicted octanol–water partition coefficient (Wildman–Crippen LogP) is 7.57. The van der Waals surface area contributed by atoms with Crippen molar-refractivity contribution in [3.63, 3.8) is 0 Å². The van der Waals surface area contributed by atoms with Crippen molar-refractivity contribution in [2.45, 2.75) is 97.8 Å². The molecule has 0 aliphatic rings. The van der Waals surface area contributed by atoms with E-state index in [2.05, 4.69) is 62.5 Å². The third-order valence-electron chi connectivity index (χ3n) is 3.76. The molecule has 0 aliphatic carbocycles. The molecule has 0 N–H and O–H groups in total. The second-order valence-corrected chi connectivity index (χ2v) is 6.09. The van der Waals surface area contributed by atoms with Gasteiger partial charge in [0.25, 0.3) is 0 Å². The molecular formula is C21H39N. The van der Waals surface area contributed by atoms with Crippen molar-refractivity contribution in [1.82, 2.24) is 4.90 Å². The topological polar surface area (TPSA) is 3.24 Å². The van der Waals surface area contributed by atoms with Crippen LogP contribution >= 0.6 is 0 Å². The van der Waals surface area contributed by atoms with Gasteiger partial charge in [-0.15, -0.1) is 0 Å². The van der Waals surface area contributed by atoms with E-state index in [0.29, 0.717) is 0 Å². The lowest BCUT2D eigenvalue weighted by molar-refractivity contribution is 0.656. The van der Waals surface area contributed by atoms with Crippen LogP contribution in [0.1, 0.15) is 97.8 Å². The van der Waals surface area contributed by atoms with E-state index in [4.69, 9.17) is 0 Å². The third kappa shape index (κ3) is 15.4. The second kappa shape index (κ2) is 18.1. The van der Waals surface area contributed by atoms with Gasteiger partial charge >= 0.3 is 0 Å². The maximum atomic E-state index is 2.31. The molecule has 0 radical (unpaired) electrons. The first-order valence-electron chi connectivity index (χ1n) is 9.62. The lowest BCUT2D eigenvalue weighted by atomic mass is 10.2. The van der Waals surface area contributed by atoms with Crippen LogP contribution in [0.15, 0.2) is 36.8 Å². The SMILES string of the molecule is CCCCC/C=C/N(/C=C/CCCCC)/C=C/CCCCC. The molecular weight excluding hydrogens is 266 g/mol. The van der Waals surface area contributed by atoms with Gasteiger partial charge < -0.3 is 4.90 Å². The van der Waals surface area contributed by atoms with Crippen LogP contribution in [0.5, 0.6) is 0 Å². The van der Waals surface area contributed by atoms with E-state index in [1.54, 1.807) is 0 Å². The fraction of sp³-hybridized carbons (Fsp3) is 0.714. The molecule has 0 aliphatic heterocycles. The summed E-state index contributed by atoms with van der Waals surface area (Å²) in [5.74, 6) is 0. The highest BCUT2D eigenvalue weighted by atomic mass is 15.1. The van der Waals surface area contributed by atoms with E-state index >= 15 is 0 Å². The maximum absolute atomic E-state index is 2.31. The first-order valence-corrected chi connectivity index (χ1v) is 9.62.